The van der Waals surface area contributed by atoms with Gasteiger partial charge in [-0.1, -0.05) is 45.6 Å². The largest absolute Gasteiger partial charge is 0.460 e. The van der Waals surface area contributed by atoms with E-state index in [-0.39, 0.29) is 6.61 Å². The molecule has 0 atom stereocenters. The molecule has 0 N–H and O–H groups in total. The lowest BCUT2D eigenvalue weighted by Gasteiger charge is -2.08. The molecule has 0 aliphatic rings. The van der Waals surface area contributed by atoms with Crippen molar-refractivity contribution in [3.8, 4) is 0 Å². The minimum absolute atomic E-state index is 0.220. The average Bonchev–Trinajstić information content (AvgIpc) is 2.71. The first-order valence-electron chi connectivity index (χ1n) is 10.5. The fourth-order valence-electron chi connectivity index (χ4n) is 2.23. The molecule has 0 aromatic carbocycles. The van der Waals surface area contributed by atoms with Gasteiger partial charge in [-0.25, -0.2) is 4.79 Å². The van der Waals surface area contributed by atoms with Crippen molar-refractivity contribution in [3.05, 3.63) is 12.7 Å². The number of carbonyl (C=O) groups excluding carboxylic acids is 1. The number of rotatable bonds is 23. The fraction of sp³-hybridized carbons (Fsp3) is 0.857. The predicted octanol–water partition coefficient (Wildman–Crippen LogP) is 3.16. The van der Waals surface area contributed by atoms with Crippen molar-refractivity contribution in [1.29, 1.82) is 0 Å². The van der Waals surface area contributed by atoms with Crippen LogP contribution in [0.1, 0.15) is 45.4 Å². The van der Waals surface area contributed by atoms with Crippen LogP contribution in [-0.4, -0.2) is 78.6 Å². The molecule has 0 bridgehead atoms. The molecule has 0 radical (unpaired) electrons. The Kier molecular flexibility index (Phi) is 23.2. The third-order valence-electron chi connectivity index (χ3n) is 3.77. The van der Waals surface area contributed by atoms with Crippen LogP contribution >= 0.6 is 0 Å². The summed E-state index contributed by atoms with van der Waals surface area (Å²) in [4.78, 5) is 10.8. The maximum atomic E-state index is 10.8. The highest BCUT2D eigenvalue weighted by atomic mass is 16.6. The molecule has 0 aromatic rings. The molecule has 0 fully saturated rings. The molecule has 0 rings (SSSR count). The minimum Gasteiger partial charge on any atom is -0.460 e. The summed E-state index contributed by atoms with van der Waals surface area (Å²) in [6.07, 6.45) is 8.81. The highest BCUT2D eigenvalue weighted by Crippen LogP contribution is 2.04. The normalized spacial score (nSPS) is 10.9. The third kappa shape index (κ3) is 23.0. The zero-order valence-corrected chi connectivity index (χ0v) is 17.7. The minimum atomic E-state index is -0.443. The summed E-state index contributed by atoms with van der Waals surface area (Å²) in [7, 11) is 0. The van der Waals surface area contributed by atoms with Crippen molar-refractivity contribution >= 4 is 5.97 Å². The van der Waals surface area contributed by atoms with Crippen LogP contribution in [0.3, 0.4) is 0 Å². The molecule has 0 saturated heterocycles. The van der Waals surface area contributed by atoms with Crippen LogP contribution in [0.5, 0.6) is 0 Å². The molecule has 7 heteroatoms. The Balaban J connectivity index is 3.01. The lowest BCUT2D eigenvalue weighted by atomic mass is 10.1. The van der Waals surface area contributed by atoms with Gasteiger partial charge >= 0.3 is 5.97 Å². The molecule has 0 unspecified atom stereocenters. The van der Waals surface area contributed by atoms with Crippen LogP contribution in [0.2, 0.25) is 0 Å². The van der Waals surface area contributed by atoms with Gasteiger partial charge < -0.3 is 28.4 Å². The van der Waals surface area contributed by atoms with E-state index in [0.717, 1.165) is 19.1 Å². The Hall–Kier alpha value is -0.990. The van der Waals surface area contributed by atoms with E-state index in [2.05, 4.69) is 13.5 Å². The molecular weight excluding hydrogens is 364 g/mol. The van der Waals surface area contributed by atoms with Gasteiger partial charge in [-0.15, -0.1) is 0 Å². The van der Waals surface area contributed by atoms with E-state index in [0.29, 0.717) is 59.5 Å². The molecule has 0 aromatic heterocycles. The molecule has 0 saturated carbocycles. The van der Waals surface area contributed by atoms with Gasteiger partial charge in [-0.05, 0) is 6.42 Å². The molecule has 28 heavy (non-hydrogen) atoms. The number of ether oxygens (including phenoxy) is 6. The SMILES string of the molecule is C=CC(=O)OCCOCCOCCOCCOCCOCCCCCCCC. The summed E-state index contributed by atoms with van der Waals surface area (Å²) in [5.74, 6) is -0.443. The molecule has 0 amide bonds. The molecule has 166 valence electrons. The van der Waals surface area contributed by atoms with Crippen LogP contribution < -0.4 is 0 Å². The highest BCUT2D eigenvalue weighted by Gasteiger charge is 1.96. The van der Waals surface area contributed by atoms with Crippen molar-refractivity contribution in [2.24, 2.45) is 0 Å². The highest BCUT2D eigenvalue weighted by molar-refractivity contribution is 5.81. The first-order chi connectivity index (χ1) is 13.8. The predicted molar refractivity (Wildman–Crippen MR) is 109 cm³/mol. The van der Waals surface area contributed by atoms with Gasteiger partial charge in [0.1, 0.15) is 6.61 Å². The third-order valence-corrected chi connectivity index (χ3v) is 3.77. The monoisotopic (exact) mass is 404 g/mol. The molecular formula is C21H40O7. The van der Waals surface area contributed by atoms with Crippen LogP contribution in [0.25, 0.3) is 0 Å². The van der Waals surface area contributed by atoms with Gasteiger partial charge in [-0.2, -0.15) is 0 Å². The Labute approximate surface area is 170 Å². The van der Waals surface area contributed by atoms with Crippen LogP contribution in [0.15, 0.2) is 12.7 Å². The first kappa shape index (κ1) is 27.0. The van der Waals surface area contributed by atoms with Gasteiger partial charge in [0.15, 0.2) is 0 Å². The maximum absolute atomic E-state index is 10.8. The molecule has 0 spiro atoms. The zero-order chi connectivity index (χ0) is 20.5. The van der Waals surface area contributed by atoms with Gasteiger partial charge in [0, 0.05) is 12.7 Å². The summed E-state index contributed by atoms with van der Waals surface area (Å²) in [6.45, 7) is 11.3. The van der Waals surface area contributed by atoms with Crippen molar-refractivity contribution in [1.82, 2.24) is 0 Å². The lowest BCUT2D eigenvalue weighted by Crippen LogP contribution is -2.14. The fourth-order valence-corrected chi connectivity index (χ4v) is 2.23. The molecule has 7 nitrogen and oxygen atoms in total. The van der Waals surface area contributed by atoms with E-state index in [1.165, 1.54) is 32.1 Å². The molecule has 0 aliphatic heterocycles. The van der Waals surface area contributed by atoms with Gasteiger partial charge in [0.2, 0.25) is 0 Å². The van der Waals surface area contributed by atoms with E-state index in [1.54, 1.807) is 0 Å². The number of esters is 1. The Bertz CT molecular complexity index is 337. The summed E-state index contributed by atoms with van der Waals surface area (Å²) >= 11 is 0. The van der Waals surface area contributed by atoms with Crippen LogP contribution in [-0.2, 0) is 33.2 Å². The second kappa shape index (κ2) is 24.0. The molecule has 0 heterocycles. The summed E-state index contributed by atoms with van der Waals surface area (Å²) < 4.78 is 31.8. The van der Waals surface area contributed by atoms with Crippen molar-refractivity contribution in [2.45, 2.75) is 45.4 Å². The van der Waals surface area contributed by atoms with E-state index in [4.69, 9.17) is 28.4 Å². The van der Waals surface area contributed by atoms with Gasteiger partial charge in [0.25, 0.3) is 0 Å². The van der Waals surface area contributed by atoms with E-state index in [1.807, 2.05) is 0 Å². The topological polar surface area (TPSA) is 72.5 Å². The lowest BCUT2D eigenvalue weighted by molar-refractivity contribution is -0.139. The van der Waals surface area contributed by atoms with Crippen molar-refractivity contribution in [3.63, 3.8) is 0 Å². The maximum Gasteiger partial charge on any atom is 0.330 e. The summed E-state index contributed by atoms with van der Waals surface area (Å²) in [5, 5.41) is 0. The van der Waals surface area contributed by atoms with Crippen LogP contribution in [0, 0.1) is 0 Å². The van der Waals surface area contributed by atoms with E-state index in [9.17, 15) is 4.79 Å². The van der Waals surface area contributed by atoms with Crippen molar-refractivity contribution in [2.75, 3.05) is 72.7 Å². The number of hydrogen-bond donors (Lipinski definition) is 0. The number of carbonyl (C=O) groups is 1. The second-order valence-corrected chi connectivity index (χ2v) is 6.20. The average molecular weight is 405 g/mol. The van der Waals surface area contributed by atoms with E-state index >= 15 is 0 Å². The van der Waals surface area contributed by atoms with Crippen molar-refractivity contribution < 1.29 is 33.2 Å². The number of hydrogen-bond acceptors (Lipinski definition) is 7. The standard InChI is InChI=1S/C21H40O7/c1-3-5-6-7-8-9-10-23-11-12-24-13-14-25-15-16-26-17-18-27-19-20-28-21(22)4-2/h4H,2-3,5-20H2,1H3. The quantitative estimate of drug-likeness (QED) is 0.147. The van der Waals surface area contributed by atoms with E-state index < -0.39 is 5.97 Å². The Morgan fingerprint density at radius 1 is 0.607 bits per heavy atom. The number of unbranched alkanes of at least 4 members (excludes halogenated alkanes) is 5. The second-order valence-electron chi connectivity index (χ2n) is 6.20. The Morgan fingerprint density at radius 2 is 1.00 bits per heavy atom. The van der Waals surface area contributed by atoms with Crippen LogP contribution in [0.4, 0.5) is 0 Å². The van der Waals surface area contributed by atoms with Gasteiger partial charge in [-0.3, -0.25) is 0 Å². The molecule has 0 aliphatic carbocycles. The zero-order valence-electron chi connectivity index (χ0n) is 17.7. The smallest absolute Gasteiger partial charge is 0.330 e. The summed E-state index contributed by atoms with van der Waals surface area (Å²) in [5.41, 5.74) is 0. The summed E-state index contributed by atoms with van der Waals surface area (Å²) in [6, 6.07) is 0. The Morgan fingerprint density at radius 3 is 1.46 bits per heavy atom. The van der Waals surface area contributed by atoms with Gasteiger partial charge in [0.05, 0.1) is 59.5 Å². The first-order valence-corrected chi connectivity index (χ1v) is 10.5.